The molecule has 4 aromatic rings. The molecular formula is C23H17ClN4O3S. The van der Waals surface area contributed by atoms with Gasteiger partial charge in [0.1, 0.15) is 10.8 Å². The molecule has 9 heteroatoms. The molecule has 0 fully saturated rings. The number of ether oxygens (including phenoxy) is 1. The minimum absolute atomic E-state index is 0.295. The first kappa shape index (κ1) is 21.5. The Bertz CT molecular complexity index is 1270. The lowest BCUT2D eigenvalue weighted by Crippen LogP contribution is -2.18. The zero-order valence-electron chi connectivity index (χ0n) is 16.8. The fourth-order valence-corrected chi connectivity index (χ4v) is 3.84. The number of anilines is 2. The minimum atomic E-state index is -0.413. The number of hydrogen-bond acceptors (Lipinski definition) is 6. The average molecular weight is 465 g/mol. The molecule has 2 N–H and O–H groups in total. The zero-order valence-corrected chi connectivity index (χ0v) is 18.4. The SMILES string of the molecule is COc1ccc(-c2nnc(NC(=O)c3ccccc3NC(=O)c3cccc(Cl)c3)s2)cc1. The van der Waals surface area contributed by atoms with E-state index in [1.807, 2.05) is 24.3 Å². The van der Waals surface area contributed by atoms with Crippen molar-refractivity contribution in [3.05, 3.63) is 88.9 Å². The second-order valence-corrected chi connectivity index (χ2v) is 8.02. The van der Waals surface area contributed by atoms with Gasteiger partial charge in [-0.15, -0.1) is 10.2 Å². The molecule has 0 unspecified atom stereocenters. The van der Waals surface area contributed by atoms with Gasteiger partial charge in [0.25, 0.3) is 11.8 Å². The number of halogens is 1. The van der Waals surface area contributed by atoms with Crippen molar-refractivity contribution >= 4 is 45.6 Å². The Morgan fingerprint density at radius 1 is 0.906 bits per heavy atom. The van der Waals surface area contributed by atoms with Crippen LogP contribution in [-0.2, 0) is 0 Å². The first-order chi connectivity index (χ1) is 15.5. The Labute approximate surface area is 193 Å². The Kier molecular flexibility index (Phi) is 6.44. The van der Waals surface area contributed by atoms with Gasteiger partial charge < -0.3 is 10.1 Å². The first-order valence-electron chi connectivity index (χ1n) is 9.49. The van der Waals surface area contributed by atoms with Crippen molar-refractivity contribution in [3.8, 4) is 16.3 Å². The highest BCUT2D eigenvalue weighted by Gasteiger charge is 2.16. The number of methoxy groups -OCH3 is 1. The summed E-state index contributed by atoms with van der Waals surface area (Å²) in [4.78, 5) is 25.4. The number of amides is 2. The number of aromatic nitrogens is 2. The minimum Gasteiger partial charge on any atom is -0.497 e. The smallest absolute Gasteiger partial charge is 0.259 e. The molecule has 7 nitrogen and oxygen atoms in total. The van der Waals surface area contributed by atoms with Crippen LogP contribution in [0.3, 0.4) is 0 Å². The highest BCUT2D eigenvalue weighted by Crippen LogP contribution is 2.28. The van der Waals surface area contributed by atoms with Gasteiger partial charge in [-0.3, -0.25) is 14.9 Å². The standard InChI is InChI=1S/C23H17ClN4O3S/c1-31-17-11-9-14(10-12-17)22-27-28-23(32-22)26-21(30)18-7-2-3-8-19(18)25-20(29)15-5-4-6-16(24)13-15/h2-13H,1H3,(H,25,29)(H,26,28,30). The number of para-hydroxylation sites is 1. The molecule has 0 atom stereocenters. The predicted molar refractivity (Wildman–Crippen MR) is 126 cm³/mol. The molecule has 0 saturated carbocycles. The summed E-state index contributed by atoms with van der Waals surface area (Å²) in [5.74, 6) is -0.0434. The maximum absolute atomic E-state index is 12.9. The molecule has 0 saturated heterocycles. The van der Waals surface area contributed by atoms with Crippen molar-refractivity contribution in [2.75, 3.05) is 17.7 Å². The molecule has 2 amide bonds. The van der Waals surface area contributed by atoms with E-state index in [2.05, 4.69) is 20.8 Å². The fourth-order valence-electron chi connectivity index (χ4n) is 2.90. The van der Waals surface area contributed by atoms with Crippen LogP contribution in [0.2, 0.25) is 5.02 Å². The zero-order chi connectivity index (χ0) is 22.5. The predicted octanol–water partition coefficient (Wildman–Crippen LogP) is 5.37. The van der Waals surface area contributed by atoms with E-state index >= 15 is 0 Å². The van der Waals surface area contributed by atoms with Crippen molar-refractivity contribution in [1.29, 1.82) is 0 Å². The monoisotopic (exact) mass is 464 g/mol. The molecule has 1 aromatic heterocycles. The van der Waals surface area contributed by atoms with Gasteiger partial charge in [0.05, 0.1) is 18.4 Å². The third-order valence-electron chi connectivity index (χ3n) is 4.49. The molecule has 0 aliphatic rings. The van der Waals surface area contributed by atoms with Gasteiger partial charge in [-0.25, -0.2) is 0 Å². The largest absolute Gasteiger partial charge is 0.497 e. The second kappa shape index (κ2) is 9.59. The van der Waals surface area contributed by atoms with Crippen LogP contribution in [0.4, 0.5) is 10.8 Å². The van der Waals surface area contributed by atoms with Crippen molar-refractivity contribution in [1.82, 2.24) is 10.2 Å². The summed E-state index contributed by atoms with van der Waals surface area (Å²) in [6, 6.07) is 20.7. The van der Waals surface area contributed by atoms with Crippen molar-refractivity contribution in [2.45, 2.75) is 0 Å². The van der Waals surface area contributed by atoms with Gasteiger partial charge in [-0.2, -0.15) is 0 Å². The van der Waals surface area contributed by atoms with Crippen molar-refractivity contribution in [2.24, 2.45) is 0 Å². The second-order valence-electron chi connectivity index (χ2n) is 6.61. The van der Waals surface area contributed by atoms with Crippen LogP contribution in [0.1, 0.15) is 20.7 Å². The molecule has 0 aliphatic carbocycles. The van der Waals surface area contributed by atoms with E-state index in [4.69, 9.17) is 16.3 Å². The number of carbonyl (C=O) groups excluding carboxylic acids is 2. The van der Waals surface area contributed by atoms with Crippen molar-refractivity contribution in [3.63, 3.8) is 0 Å². The van der Waals surface area contributed by atoms with Gasteiger partial charge >= 0.3 is 0 Å². The number of nitrogens with zero attached hydrogens (tertiary/aromatic N) is 2. The summed E-state index contributed by atoms with van der Waals surface area (Å²) in [6.07, 6.45) is 0. The topological polar surface area (TPSA) is 93.2 Å². The number of rotatable bonds is 6. The molecule has 0 radical (unpaired) electrons. The summed E-state index contributed by atoms with van der Waals surface area (Å²) in [7, 11) is 1.60. The van der Waals surface area contributed by atoms with Crippen LogP contribution < -0.4 is 15.4 Å². The molecule has 0 aliphatic heterocycles. The lowest BCUT2D eigenvalue weighted by molar-refractivity contribution is 0.102. The molecule has 3 aromatic carbocycles. The van der Waals surface area contributed by atoms with E-state index in [0.29, 0.717) is 32.0 Å². The number of carbonyl (C=O) groups is 2. The maximum Gasteiger partial charge on any atom is 0.259 e. The van der Waals surface area contributed by atoms with E-state index in [9.17, 15) is 9.59 Å². The maximum atomic E-state index is 12.9. The van der Waals surface area contributed by atoms with Crippen LogP contribution in [0.15, 0.2) is 72.8 Å². The highest BCUT2D eigenvalue weighted by molar-refractivity contribution is 7.18. The quantitative estimate of drug-likeness (QED) is 0.400. The molecule has 160 valence electrons. The van der Waals surface area contributed by atoms with E-state index in [-0.39, 0.29) is 5.91 Å². The highest BCUT2D eigenvalue weighted by atomic mass is 35.5. The van der Waals surface area contributed by atoms with E-state index in [1.54, 1.807) is 55.6 Å². The Hall–Kier alpha value is -3.75. The first-order valence-corrected chi connectivity index (χ1v) is 10.7. The molecule has 1 heterocycles. The van der Waals surface area contributed by atoms with E-state index in [0.717, 1.165) is 11.3 Å². The van der Waals surface area contributed by atoms with Gasteiger partial charge in [-0.05, 0) is 54.6 Å². The van der Waals surface area contributed by atoms with Crippen LogP contribution in [0.25, 0.3) is 10.6 Å². The average Bonchev–Trinajstić information content (AvgIpc) is 3.28. The summed E-state index contributed by atoms with van der Waals surface area (Å²) in [6.45, 7) is 0. The summed E-state index contributed by atoms with van der Waals surface area (Å²) in [5, 5.41) is 15.1. The molecule has 4 rings (SSSR count). The van der Waals surface area contributed by atoms with Crippen LogP contribution in [0.5, 0.6) is 5.75 Å². The fraction of sp³-hybridized carbons (Fsp3) is 0.0435. The van der Waals surface area contributed by atoms with Crippen molar-refractivity contribution < 1.29 is 14.3 Å². The van der Waals surface area contributed by atoms with Gasteiger partial charge in [-0.1, -0.05) is 41.1 Å². The summed E-state index contributed by atoms with van der Waals surface area (Å²) < 4.78 is 5.16. The number of benzene rings is 3. The normalized spacial score (nSPS) is 10.4. The molecule has 32 heavy (non-hydrogen) atoms. The Balaban J connectivity index is 1.49. The summed E-state index contributed by atoms with van der Waals surface area (Å²) >= 11 is 7.21. The number of hydrogen-bond donors (Lipinski definition) is 2. The molecule has 0 spiro atoms. The van der Waals surface area contributed by atoms with Gasteiger partial charge in [0, 0.05) is 16.1 Å². The lowest BCUT2D eigenvalue weighted by Gasteiger charge is -2.10. The Morgan fingerprint density at radius 3 is 2.44 bits per heavy atom. The van der Waals surface area contributed by atoms with E-state index < -0.39 is 5.91 Å². The lowest BCUT2D eigenvalue weighted by atomic mass is 10.1. The van der Waals surface area contributed by atoms with Gasteiger partial charge in [0.15, 0.2) is 0 Å². The third-order valence-corrected chi connectivity index (χ3v) is 5.61. The van der Waals surface area contributed by atoms with Gasteiger partial charge in [0.2, 0.25) is 5.13 Å². The summed E-state index contributed by atoms with van der Waals surface area (Å²) in [5.41, 5.74) is 1.91. The van der Waals surface area contributed by atoms with Crippen LogP contribution >= 0.6 is 22.9 Å². The van der Waals surface area contributed by atoms with Crippen LogP contribution in [0, 0.1) is 0 Å². The third kappa shape index (κ3) is 4.93. The van der Waals surface area contributed by atoms with E-state index in [1.165, 1.54) is 11.3 Å². The van der Waals surface area contributed by atoms with Crippen LogP contribution in [-0.4, -0.2) is 29.1 Å². The molecule has 0 bridgehead atoms. The molecular weight excluding hydrogens is 448 g/mol. The number of nitrogens with one attached hydrogen (secondary N) is 2. The Morgan fingerprint density at radius 2 is 1.69 bits per heavy atom.